The number of likely N-dealkylation sites (N-methyl/N-ethyl adjacent to an activating group) is 1. The van der Waals surface area contributed by atoms with Crippen LogP contribution in [0.4, 0.5) is 5.82 Å². The van der Waals surface area contributed by atoms with Crippen LogP contribution in [0.25, 0.3) is 6.08 Å². The summed E-state index contributed by atoms with van der Waals surface area (Å²) in [6, 6.07) is 2.08. The molecule has 0 atom stereocenters. The Kier molecular flexibility index (Phi) is 7.24. The second-order valence-corrected chi connectivity index (χ2v) is 10.1. The highest BCUT2D eigenvalue weighted by atomic mass is 32.2. The van der Waals surface area contributed by atoms with Gasteiger partial charge in [0.05, 0.1) is 4.91 Å². The number of carbonyl (C=O) groups is 1. The monoisotopic (exact) mass is 459 g/mol. The maximum Gasteiger partial charge on any atom is 0.270 e. The third kappa shape index (κ3) is 4.56. The molecule has 9 heteroatoms. The van der Waals surface area contributed by atoms with E-state index in [1.54, 1.807) is 16.4 Å². The van der Waals surface area contributed by atoms with Crippen LogP contribution in [-0.4, -0.2) is 64.4 Å². The number of carbonyl (C=O) groups excluding carboxylic acids is 1. The Morgan fingerprint density at radius 1 is 1.23 bits per heavy atom. The van der Waals surface area contributed by atoms with E-state index in [0.717, 1.165) is 37.6 Å². The van der Waals surface area contributed by atoms with Crippen molar-refractivity contribution in [2.24, 2.45) is 5.92 Å². The zero-order chi connectivity index (χ0) is 22.9. The molecule has 0 aromatic carbocycles. The molecule has 0 spiro atoms. The topological polar surface area (TPSA) is 72.6 Å². The third-order valence-corrected chi connectivity index (χ3v) is 7.04. The van der Waals surface area contributed by atoms with Crippen molar-refractivity contribution < 1.29 is 4.79 Å². The summed E-state index contributed by atoms with van der Waals surface area (Å²) < 4.78 is 2.21. The smallest absolute Gasteiger partial charge is 0.270 e. The van der Waals surface area contributed by atoms with Crippen LogP contribution in [0, 0.1) is 24.2 Å². The summed E-state index contributed by atoms with van der Waals surface area (Å²) in [5, 5.41) is 9.67. The number of anilines is 1. The van der Waals surface area contributed by atoms with Crippen LogP contribution >= 0.6 is 24.0 Å². The SMILES string of the molecule is CCn1c(N2CCN(C)CC2)c(C=C2SC(=S)N(CC(C)C)C2=O)c(C)c(C#N)c1=O. The number of pyridine rings is 1. The van der Waals surface area contributed by atoms with E-state index in [0.29, 0.717) is 33.8 Å². The van der Waals surface area contributed by atoms with Crippen molar-refractivity contribution in [3.63, 3.8) is 0 Å². The molecule has 0 radical (unpaired) electrons. The van der Waals surface area contributed by atoms with Crippen molar-refractivity contribution >= 4 is 46.1 Å². The summed E-state index contributed by atoms with van der Waals surface area (Å²) in [6.07, 6.45) is 1.83. The molecule has 7 nitrogen and oxygen atoms in total. The van der Waals surface area contributed by atoms with Gasteiger partial charge in [-0.2, -0.15) is 5.26 Å². The highest BCUT2D eigenvalue weighted by Crippen LogP contribution is 2.36. The fraction of sp³-hybridized carbons (Fsp3) is 0.545. The molecular formula is C22H29N5O2S2. The van der Waals surface area contributed by atoms with Gasteiger partial charge in [-0.3, -0.25) is 19.1 Å². The Labute approximate surface area is 193 Å². The number of thiocarbonyl (C=S) groups is 1. The van der Waals surface area contributed by atoms with Crippen molar-refractivity contribution in [2.45, 2.75) is 34.2 Å². The van der Waals surface area contributed by atoms with Crippen molar-refractivity contribution in [3.05, 3.63) is 31.9 Å². The lowest BCUT2D eigenvalue weighted by atomic mass is 10.0. The van der Waals surface area contributed by atoms with Crippen molar-refractivity contribution in [1.29, 1.82) is 5.26 Å². The lowest BCUT2D eigenvalue weighted by Crippen LogP contribution is -2.47. The van der Waals surface area contributed by atoms with Gasteiger partial charge in [0.1, 0.15) is 21.8 Å². The van der Waals surface area contributed by atoms with Gasteiger partial charge in [0.15, 0.2) is 0 Å². The largest absolute Gasteiger partial charge is 0.355 e. The summed E-state index contributed by atoms with van der Waals surface area (Å²) >= 11 is 6.74. The minimum Gasteiger partial charge on any atom is -0.355 e. The van der Waals surface area contributed by atoms with Gasteiger partial charge in [-0.05, 0) is 38.5 Å². The number of rotatable bonds is 5. The maximum absolute atomic E-state index is 13.1. The van der Waals surface area contributed by atoms with Crippen LogP contribution in [-0.2, 0) is 11.3 Å². The Morgan fingerprint density at radius 2 is 1.87 bits per heavy atom. The minimum atomic E-state index is -0.277. The van der Waals surface area contributed by atoms with E-state index in [2.05, 4.69) is 22.9 Å². The maximum atomic E-state index is 13.1. The highest BCUT2D eigenvalue weighted by molar-refractivity contribution is 8.26. The molecule has 3 rings (SSSR count). The molecule has 1 aromatic rings. The first-order valence-electron chi connectivity index (χ1n) is 10.6. The van der Waals surface area contributed by atoms with Gasteiger partial charge in [-0.1, -0.05) is 37.8 Å². The predicted molar refractivity (Wildman–Crippen MR) is 130 cm³/mol. The number of hydrogen-bond acceptors (Lipinski definition) is 7. The molecule has 31 heavy (non-hydrogen) atoms. The van der Waals surface area contributed by atoms with Crippen molar-refractivity contribution in [3.8, 4) is 6.07 Å². The normalized spacial score (nSPS) is 19.1. The summed E-state index contributed by atoms with van der Waals surface area (Å²) in [6.45, 7) is 12.1. The molecule has 0 saturated carbocycles. The van der Waals surface area contributed by atoms with Crippen LogP contribution in [0.2, 0.25) is 0 Å². The van der Waals surface area contributed by atoms with E-state index in [1.165, 1.54) is 11.8 Å². The molecule has 0 bridgehead atoms. The number of piperazine rings is 1. The molecule has 166 valence electrons. The number of hydrogen-bond donors (Lipinski definition) is 0. The van der Waals surface area contributed by atoms with Gasteiger partial charge in [0, 0.05) is 44.8 Å². The zero-order valence-electron chi connectivity index (χ0n) is 18.8. The van der Waals surface area contributed by atoms with Gasteiger partial charge in [-0.15, -0.1) is 0 Å². The molecule has 2 aliphatic heterocycles. The Balaban J connectivity index is 2.18. The predicted octanol–water partition coefficient (Wildman–Crippen LogP) is 2.66. The second kappa shape index (κ2) is 9.55. The lowest BCUT2D eigenvalue weighted by Gasteiger charge is -2.36. The van der Waals surface area contributed by atoms with Crippen molar-refractivity contribution in [1.82, 2.24) is 14.4 Å². The first-order chi connectivity index (χ1) is 14.7. The molecular weight excluding hydrogens is 430 g/mol. The number of aromatic nitrogens is 1. The first kappa shape index (κ1) is 23.5. The van der Waals surface area contributed by atoms with E-state index in [-0.39, 0.29) is 17.0 Å². The number of nitriles is 1. The number of thioether (sulfide) groups is 1. The van der Waals surface area contributed by atoms with E-state index < -0.39 is 0 Å². The fourth-order valence-electron chi connectivity index (χ4n) is 3.95. The van der Waals surface area contributed by atoms with Crippen LogP contribution in [0.15, 0.2) is 9.70 Å². The third-order valence-electron chi connectivity index (χ3n) is 5.66. The van der Waals surface area contributed by atoms with E-state index in [9.17, 15) is 14.9 Å². The van der Waals surface area contributed by atoms with Crippen molar-refractivity contribution in [2.75, 3.05) is 44.7 Å². The van der Waals surface area contributed by atoms with Crippen LogP contribution < -0.4 is 10.5 Å². The van der Waals surface area contributed by atoms with Gasteiger partial charge in [-0.25, -0.2) is 0 Å². The summed E-state index contributed by atoms with van der Waals surface area (Å²) in [4.78, 5) is 32.7. The molecule has 2 fully saturated rings. The Hall–Kier alpha value is -2.15. The van der Waals surface area contributed by atoms with E-state index in [4.69, 9.17) is 12.2 Å². The zero-order valence-corrected chi connectivity index (χ0v) is 20.4. The van der Waals surface area contributed by atoms with Gasteiger partial charge in [0.2, 0.25) is 0 Å². The summed E-state index contributed by atoms with van der Waals surface area (Å²) in [5.74, 6) is 0.975. The summed E-state index contributed by atoms with van der Waals surface area (Å²) in [5.41, 5.74) is 1.22. The molecule has 0 aliphatic carbocycles. The average Bonchev–Trinajstić information content (AvgIpc) is 2.98. The molecule has 2 saturated heterocycles. The average molecular weight is 460 g/mol. The molecule has 3 heterocycles. The molecule has 2 aliphatic rings. The van der Waals surface area contributed by atoms with Gasteiger partial charge >= 0.3 is 0 Å². The van der Waals surface area contributed by atoms with Gasteiger partial charge < -0.3 is 9.80 Å². The Morgan fingerprint density at radius 3 is 2.42 bits per heavy atom. The number of amides is 1. The van der Waals surface area contributed by atoms with E-state index in [1.807, 2.05) is 26.8 Å². The molecule has 0 N–H and O–H groups in total. The number of nitrogens with zero attached hydrogens (tertiary/aromatic N) is 5. The second-order valence-electron chi connectivity index (χ2n) is 8.37. The molecule has 0 unspecified atom stereocenters. The fourth-order valence-corrected chi connectivity index (χ4v) is 5.21. The Bertz CT molecular complexity index is 1030. The van der Waals surface area contributed by atoms with E-state index >= 15 is 0 Å². The summed E-state index contributed by atoms with van der Waals surface area (Å²) in [7, 11) is 2.08. The standard InChI is InChI=1S/C22H29N5O2S2/c1-6-26-19(25-9-7-24(5)8-10-25)16(15(4)17(12-23)20(26)28)11-18-21(29)27(13-14(2)3)22(30)31-18/h11,14H,6-10,13H2,1-5H3. The van der Waals surface area contributed by atoms with Crippen LogP contribution in [0.5, 0.6) is 0 Å². The quantitative estimate of drug-likeness (QED) is 0.495. The minimum absolute atomic E-state index is 0.111. The highest BCUT2D eigenvalue weighted by Gasteiger charge is 2.33. The molecule has 1 amide bonds. The molecule has 1 aromatic heterocycles. The lowest BCUT2D eigenvalue weighted by molar-refractivity contribution is -0.122. The van der Waals surface area contributed by atoms with Crippen LogP contribution in [0.3, 0.4) is 0 Å². The first-order valence-corrected chi connectivity index (χ1v) is 11.8. The van der Waals surface area contributed by atoms with Gasteiger partial charge in [0.25, 0.3) is 11.5 Å². The van der Waals surface area contributed by atoms with Crippen LogP contribution in [0.1, 0.15) is 37.5 Å².